The number of amides is 1. The summed E-state index contributed by atoms with van der Waals surface area (Å²) in [5, 5.41) is 3.77. The van der Waals surface area contributed by atoms with Crippen molar-refractivity contribution in [3.8, 4) is 17.0 Å². The number of carbonyl (C=O) groups excluding carboxylic acids is 1. The number of carbonyl (C=O) groups is 1. The van der Waals surface area contributed by atoms with Gasteiger partial charge in [-0.1, -0.05) is 0 Å². The number of benzene rings is 2. The van der Waals surface area contributed by atoms with Crippen molar-refractivity contribution in [2.24, 2.45) is 0 Å². The number of aromatic nitrogens is 3. The lowest BCUT2D eigenvalue weighted by Gasteiger charge is -2.34. The highest BCUT2D eigenvalue weighted by molar-refractivity contribution is 6.00. The third kappa shape index (κ3) is 6.23. The summed E-state index contributed by atoms with van der Waals surface area (Å²) in [7, 11) is 0. The van der Waals surface area contributed by atoms with Crippen molar-refractivity contribution in [1.29, 1.82) is 0 Å². The van der Waals surface area contributed by atoms with E-state index < -0.39 is 53.0 Å². The van der Waals surface area contributed by atoms with Crippen molar-refractivity contribution in [3.05, 3.63) is 82.4 Å². The van der Waals surface area contributed by atoms with Crippen LogP contribution >= 0.6 is 0 Å². The number of halogens is 9. The Labute approximate surface area is 237 Å². The average molecular weight is 617 g/mol. The van der Waals surface area contributed by atoms with E-state index in [9.17, 15) is 44.3 Å². The molecule has 0 spiro atoms. The van der Waals surface area contributed by atoms with Crippen molar-refractivity contribution < 1.29 is 49.0 Å². The van der Waals surface area contributed by atoms with Crippen molar-refractivity contribution in [2.75, 3.05) is 26.2 Å². The van der Waals surface area contributed by atoms with Crippen molar-refractivity contribution >= 4 is 11.6 Å². The van der Waals surface area contributed by atoms with Crippen molar-refractivity contribution in [3.63, 3.8) is 0 Å². The monoisotopic (exact) mass is 617 g/mol. The third-order valence-corrected chi connectivity index (χ3v) is 6.87. The van der Waals surface area contributed by atoms with Gasteiger partial charge in [0.2, 0.25) is 0 Å². The summed E-state index contributed by atoms with van der Waals surface area (Å²) in [4.78, 5) is 20.7. The van der Waals surface area contributed by atoms with Gasteiger partial charge in [-0.15, -0.1) is 13.2 Å². The average Bonchev–Trinajstić information content (AvgIpc) is 3.33. The van der Waals surface area contributed by atoms with Gasteiger partial charge in [-0.3, -0.25) is 9.69 Å². The molecular weight excluding hydrogens is 597 g/mol. The summed E-state index contributed by atoms with van der Waals surface area (Å²) < 4.78 is 126. The van der Waals surface area contributed by atoms with Gasteiger partial charge in [-0.2, -0.15) is 18.3 Å². The van der Waals surface area contributed by atoms with Crippen LogP contribution in [0.25, 0.3) is 16.9 Å². The molecule has 0 radical (unpaired) electrons. The van der Waals surface area contributed by atoms with E-state index in [1.54, 1.807) is 4.90 Å². The zero-order valence-electron chi connectivity index (χ0n) is 22.0. The smallest absolute Gasteiger partial charge is 0.406 e. The number of nitrogens with zero attached hydrogens (tertiary/aromatic N) is 5. The Morgan fingerprint density at radius 2 is 1.60 bits per heavy atom. The molecule has 0 saturated carbocycles. The van der Waals surface area contributed by atoms with Crippen LogP contribution in [0.15, 0.2) is 42.6 Å². The van der Waals surface area contributed by atoms with Gasteiger partial charge < -0.3 is 9.64 Å². The predicted molar refractivity (Wildman–Crippen MR) is 132 cm³/mol. The molecule has 1 saturated heterocycles. The molecule has 16 heteroatoms. The molecule has 1 aliphatic rings. The molecule has 0 atom stereocenters. The summed E-state index contributed by atoms with van der Waals surface area (Å²) in [6.07, 6.45) is -8.96. The molecule has 43 heavy (non-hydrogen) atoms. The number of ether oxygens (including phenoxy) is 1. The van der Waals surface area contributed by atoms with Crippen molar-refractivity contribution in [2.45, 2.75) is 26.0 Å². The van der Waals surface area contributed by atoms with Crippen LogP contribution in [0.2, 0.25) is 0 Å². The molecule has 0 N–H and O–H groups in total. The molecule has 2 aromatic heterocycles. The van der Waals surface area contributed by atoms with Crippen LogP contribution in [-0.2, 0) is 12.7 Å². The van der Waals surface area contributed by atoms with Crippen LogP contribution in [0.3, 0.4) is 0 Å². The minimum atomic E-state index is -4.97. The maximum absolute atomic E-state index is 14.2. The Balaban J connectivity index is 1.43. The summed E-state index contributed by atoms with van der Waals surface area (Å²) in [5.74, 6) is -4.74. The van der Waals surface area contributed by atoms with E-state index in [-0.39, 0.29) is 60.7 Å². The minimum absolute atomic E-state index is 0.0363. The molecule has 4 aromatic rings. The SMILES string of the molecule is Cc1c(-c2ccc(OC(F)(F)F)cc2)nc2c(C(=O)N3CCN(Cc4cc(F)cc(F)c4F)CC3)cnn2c1C(F)(F)F. The lowest BCUT2D eigenvalue weighted by molar-refractivity contribution is -0.274. The Morgan fingerprint density at radius 3 is 2.21 bits per heavy atom. The van der Waals surface area contributed by atoms with Gasteiger partial charge in [0.05, 0.1) is 11.9 Å². The second-order valence-corrected chi connectivity index (χ2v) is 9.73. The van der Waals surface area contributed by atoms with Crippen LogP contribution in [0, 0.1) is 24.4 Å². The molecule has 0 aliphatic carbocycles. The highest BCUT2D eigenvalue weighted by atomic mass is 19.4. The maximum atomic E-state index is 14.2. The Hall–Kier alpha value is -4.34. The highest BCUT2D eigenvalue weighted by Gasteiger charge is 2.39. The normalized spacial score (nSPS) is 14.9. The molecule has 1 aliphatic heterocycles. The van der Waals surface area contributed by atoms with E-state index in [4.69, 9.17) is 0 Å². The fourth-order valence-corrected chi connectivity index (χ4v) is 4.90. The van der Waals surface area contributed by atoms with E-state index in [2.05, 4.69) is 14.8 Å². The van der Waals surface area contributed by atoms with E-state index in [0.29, 0.717) is 10.6 Å². The lowest BCUT2D eigenvalue weighted by atomic mass is 10.0. The quantitative estimate of drug-likeness (QED) is 0.203. The van der Waals surface area contributed by atoms with Gasteiger partial charge in [0.1, 0.15) is 17.1 Å². The number of piperazine rings is 1. The second kappa shape index (κ2) is 11.1. The van der Waals surface area contributed by atoms with E-state index in [1.165, 1.54) is 4.90 Å². The first-order valence-corrected chi connectivity index (χ1v) is 12.6. The molecule has 0 bridgehead atoms. The molecule has 1 amide bonds. The first kappa shape index (κ1) is 30.1. The molecule has 5 rings (SSSR count). The Kier molecular flexibility index (Phi) is 7.75. The molecular formula is C27H20F9N5O2. The molecule has 0 unspecified atom stereocenters. The van der Waals surface area contributed by atoms with E-state index in [1.807, 2.05) is 0 Å². The number of fused-ring (bicyclic) bond motifs is 1. The molecule has 7 nitrogen and oxygen atoms in total. The summed E-state index contributed by atoms with van der Waals surface area (Å²) in [6, 6.07) is 5.36. The molecule has 3 heterocycles. The first-order valence-electron chi connectivity index (χ1n) is 12.6. The van der Waals surface area contributed by atoms with Crippen LogP contribution in [0.4, 0.5) is 39.5 Å². The number of rotatable bonds is 5. The largest absolute Gasteiger partial charge is 0.573 e. The minimum Gasteiger partial charge on any atom is -0.406 e. The number of hydrogen-bond acceptors (Lipinski definition) is 5. The van der Waals surface area contributed by atoms with Gasteiger partial charge in [0, 0.05) is 55.5 Å². The molecule has 1 fully saturated rings. The van der Waals surface area contributed by atoms with Crippen LogP contribution in [0.1, 0.15) is 27.2 Å². The number of hydrogen-bond donors (Lipinski definition) is 0. The van der Waals surface area contributed by atoms with Gasteiger partial charge in [0.25, 0.3) is 5.91 Å². The van der Waals surface area contributed by atoms with Crippen LogP contribution in [-0.4, -0.2) is 62.8 Å². The maximum Gasteiger partial charge on any atom is 0.573 e. The fraction of sp³-hybridized carbons (Fsp3) is 0.296. The summed E-state index contributed by atoms with van der Waals surface area (Å²) >= 11 is 0. The second-order valence-electron chi connectivity index (χ2n) is 9.73. The Bertz CT molecular complexity index is 1680. The fourth-order valence-electron chi connectivity index (χ4n) is 4.90. The van der Waals surface area contributed by atoms with Gasteiger partial charge in [-0.25, -0.2) is 22.7 Å². The third-order valence-electron chi connectivity index (χ3n) is 6.87. The molecule has 228 valence electrons. The summed E-state index contributed by atoms with van der Waals surface area (Å²) in [5.41, 5.74) is -2.68. The van der Waals surface area contributed by atoms with Crippen molar-refractivity contribution in [1.82, 2.24) is 24.4 Å². The van der Waals surface area contributed by atoms with E-state index in [0.717, 1.165) is 43.5 Å². The van der Waals surface area contributed by atoms with Gasteiger partial charge in [0.15, 0.2) is 23.0 Å². The summed E-state index contributed by atoms with van der Waals surface area (Å²) in [6.45, 7) is 1.44. The van der Waals surface area contributed by atoms with Crippen LogP contribution < -0.4 is 4.74 Å². The highest BCUT2D eigenvalue weighted by Crippen LogP contribution is 2.37. The molecule has 2 aromatic carbocycles. The first-order chi connectivity index (χ1) is 20.1. The standard InChI is InChI=1S/C27H20F9N5O2/c1-14-22(15-2-4-18(5-3-15)43-27(34,35)36)38-24-19(12-37-41(24)23(14)26(31,32)33)25(42)40-8-6-39(7-9-40)13-16-10-17(28)11-20(29)21(16)30/h2-5,10-12H,6-9,13H2,1H3. The van der Waals surface area contributed by atoms with Gasteiger partial charge in [-0.05, 0) is 37.3 Å². The van der Waals surface area contributed by atoms with E-state index >= 15 is 0 Å². The van der Waals surface area contributed by atoms with Crippen LogP contribution in [0.5, 0.6) is 5.75 Å². The Morgan fingerprint density at radius 1 is 0.953 bits per heavy atom. The topological polar surface area (TPSA) is 63.0 Å². The predicted octanol–water partition coefficient (Wildman–Crippen LogP) is 6.00. The zero-order chi connectivity index (χ0) is 31.3. The lowest BCUT2D eigenvalue weighted by Crippen LogP contribution is -2.48. The van der Waals surface area contributed by atoms with Gasteiger partial charge >= 0.3 is 12.5 Å². The number of alkyl halides is 6. The zero-order valence-corrected chi connectivity index (χ0v) is 22.0.